The van der Waals surface area contributed by atoms with Crippen molar-refractivity contribution in [3.63, 3.8) is 0 Å². The number of hydrogen-bond donors (Lipinski definition) is 2. The maximum atomic E-state index is 13.5. The zero-order chi connectivity index (χ0) is 47.4. The third-order valence-corrected chi connectivity index (χ3v) is 10.5. The number of anilines is 2. The number of ether oxygens (including phenoxy) is 6. The van der Waals surface area contributed by atoms with Crippen LogP contribution in [0.3, 0.4) is 0 Å². The first-order valence-electron chi connectivity index (χ1n) is 16.9. The summed E-state index contributed by atoms with van der Waals surface area (Å²) in [5, 5.41) is 7.61. The van der Waals surface area contributed by atoms with Crippen molar-refractivity contribution >= 4 is 43.2 Å². The van der Waals surface area contributed by atoms with Crippen molar-refractivity contribution in [1.82, 2.24) is 39.2 Å². The van der Waals surface area contributed by atoms with Gasteiger partial charge in [-0.05, 0) is 24.3 Å². The predicted octanol–water partition coefficient (Wildman–Crippen LogP) is 5.21. The monoisotopic (exact) mass is 966 g/mol. The number of benzene rings is 2. The molecule has 0 atom stereocenters. The Morgan fingerprint density at radius 3 is 1.23 bits per heavy atom. The predicted molar refractivity (Wildman–Crippen MR) is 195 cm³/mol. The van der Waals surface area contributed by atoms with Crippen LogP contribution in [0.1, 0.15) is 11.1 Å². The third kappa shape index (κ3) is 10.7. The average Bonchev–Trinajstić information content (AvgIpc) is 3.84. The summed E-state index contributed by atoms with van der Waals surface area (Å²) in [6.07, 6.45) is -14.0. The molecular formula is C32H28F10N10O10S2. The fraction of sp³-hybridized carbons (Fsp3) is 0.312. The van der Waals surface area contributed by atoms with Gasteiger partial charge in [-0.15, -0.1) is 10.2 Å². The number of sulfonamides is 2. The van der Waals surface area contributed by atoms with Crippen LogP contribution in [-0.4, -0.2) is 111 Å². The van der Waals surface area contributed by atoms with Crippen molar-refractivity contribution in [2.24, 2.45) is 0 Å². The molecule has 0 spiro atoms. The molecule has 32 heteroatoms. The molecule has 4 aromatic heterocycles. The number of rotatable bonds is 16. The zero-order valence-corrected chi connectivity index (χ0v) is 34.1. The van der Waals surface area contributed by atoms with Crippen molar-refractivity contribution in [2.45, 2.75) is 35.0 Å². The van der Waals surface area contributed by atoms with Crippen LogP contribution in [0.2, 0.25) is 0 Å². The Hall–Kier alpha value is -6.86. The summed E-state index contributed by atoms with van der Waals surface area (Å²) in [6, 6.07) is 3.97. The number of alkyl halides is 10. The highest BCUT2D eigenvalue weighted by Gasteiger charge is 2.41. The second-order valence-electron chi connectivity index (χ2n) is 11.8. The summed E-state index contributed by atoms with van der Waals surface area (Å²) in [5.74, 6) is -3.06. The quantitative estimate of drug-likeness (QED) is 0.119. The van der Waals surface area contributed by atoms with Crippen LogP contribution in [0.25, 0.3) is 11.3 Å². The van der Waals surface area contributed by atoms with Crippen molar-refractivity contribution in [1.29, 1.82) is 0 Å². The summed E-state index contributed by atoms with van der Waals surface area (Å²) >= 11 is 0. The lowest BCUT2D eigenvalue weighted by Crippen LogP contribution is -2.21. The van der Waals surface area contributed by atoms with Gasteiger partial charge in [0, 0.05) is 0 Å². The van der Waals surface area contributed by atoms with Crippen molar-refractivity contribution in [3.8, 4) is 35.0 Å². The standard InChI is InChI=1S/2C16H14F5N5O5S/c2*1-29-10-6-22-15(30-2)26-13(10)23-14(24-26)25-32(27,28)12-8(16(19,20)21)4-3-5-9(12)31-7-11(17)18/h2*3-6,11H,7H2,1-2H3,(H,24,25). The highest BCUT2D eigenvalue weighted by Crippen LogP contribution is 2.41. The first kappa shape index (κ1) is 48.2. The van der Waals surface area contributed by atoms with E-state index in [0.717, 1.165) is 33.3 Å². The SMILES string of the molecule is COc1cnc(OC)n2nc(NS(=O)(=O)c3c(OCC(F)F)cccc3C(F)(F)F)nc12.COc1cnc(OC)n2nc(NS(=O)(=O)c3c(OCC(F)F)cccc3C(F)(F)F)nc12. The molecular weight excluding hydrogens is 939 g/mol. The Bertz CT molecular complexity index is 2570. The van der Waals surface area contributed by atoms with Crippen LogP contribution >= 0.6 is 0 Å². The molecule has 2 N–H and O–H groups in total. The van der Waals surface area contributed by atoms with Crippen LogP contribution in [0.4, 0.5) is 55.8 Å². The molecule has 0 bridgehead atoms. The van der Waals surface area contributed by atoms with Gasteiger partial charge < -0.3 is 28.4 Å². The van der Waals surface area contributed by atoms with Crippen LogP contribution in [0.15, 0.2) is 58.6 Å². The number of nitrogens with zero attached hydrogens (tertiary/aromatic N) is 8. The fourth-order valence-electron chi connectivity index (χ4n) is 5.22. The number of fused-ring (bicyclic) bond motifs is 2. The maximum absolute atomic E-state index is 13.5. The molecule has 0 aliphatic heterocycles. The maximum Gasteiger partial charge on any atom is 0.417 e. The molecule has 0 saturated carbocycles. The lowest BCUT2D eigenvalue weighted by molar-refractivity contribution is -0.140. The smallest absolute Gasteiger partial charge is 0.417 e. The Kier molecular flexibility index (Phi) is 14.2. The molecule has 64 heavy (non-hydrogen) atoms. The van der Waals surface area contributed by atoms with Crippen LogP contribution < -0.4 is 37.9 Å². The second-order valence-corrected chi connectivity index (χ2v) is 15.1. The lowest BCUT2D eigenvalue weighted by atomic mass is 10.2. The molecule has 0 aliphatic rings. The van der Waals surface area contributed by atoms with E-state index in [9.17, 15) is 60.7 Å². The first-order valence-corrected chi connectivity index (χ1v) is 19.9. The lowest BCUT2D eigenvalue weighted by Gasteiger charge is -2.17. The normalized spacial score (nSPS) is 12.2. The van der Waals surface area contributed by atoms with Gasteiger partial charge in [-0.3, -0.25) is 0 Å². The van der Waals surface area contributed by atoms with E-state index >= 15 is 0 Å². The van der Waals surface area contributed by atoms with E-state index in [1.165, 1.54) is 40.8 Å². The second kappa shape index (κ2) is 18.9. The fourth-order valence-corrected chi connectivity index (χ4v) is 7.81. The number of hydrogen-bond acceptors (Lipinski definition) is 16. The minimum absolute atomic E-state index is 0.0559. The van der Waals surface area contributed by atoms with Gasteiger partial charge in [-0.2, -0.15) is 55.3 Å². The highest BCUT2D eigenvalue weighted by molar-refractivity contribution is 7.93. The van der Waals surface area contributed by atoms with Gasteiger partial charge in [-0.1, -0.05) is 12.1 Å². The van der Waals surface area contributed by atoms with Crippen LogP contribution in [-0.2, 0) is 32.4 Å². The number of aromatic nitrogens is 8. The molecule has 2 aromatic carbocycles. The van der Waals surface area contributed by atoms with Crippen molar-refractivity contribution < 1.29 is 89.2 Å². The zero-order valence-electron chi connectivity index (χ0n) is 32.4. The van der Waals surface area contributed by atoms with E-state index < -0.39 is 103 Å². The molecule has 6 rings (SSSR count). The molecule has 0 saturated heterocycles. The molecule has 6 aromatic rings. The molecule has 0 unspecified atom stereocenters. The van der Waals surface area contributed by atoms with Crippen LogP contribution in [0, 0.1) is 0 Å². The van der Waals surface area contributed by atoms with Crippen molar-refractivity contribution in [3.05, 3.63) is 59.9 Å². The van der Waals surface area contributed by atoms with Gasteiger partial charge in [-0.25, -0.2) is 43.8 Å². The molecule has 0 radical (unpaired) electrons. The molecule has 0 fully saturated rings. The molecule has 20 nitrogen and oxygen atoms in total. The van der Waals surface area contributed by atoms with E-state index in [1.54, 1.807) is 9.44 Å². The van der Waals surface area contributed by atoms with Gasteiger partial charge in [0.15, 0.2) is 11.5 Å². The Morgan fingerprint density at radius 1 is 0.578 bits per heavy atom. The number of nitrogens with one attached hydrogen (secondary N) is 2. The largest absolute Gasteiger partial charge is 0.491 e. The first-order chi connectivity index (χ1) is 29.9. The molecule has 348 valence electrons. The minimum atomic E-state index is -5.14. The van der Waals surface area contributed by atoms with E-state index in [0.29, 0.717) is 12.1 Å². The van der Waals surface area contributed by atoms with Gasteiger partial charge in [0.25, 0.3) is 44.8 Å². The van der Waals surface area contributed by atoms with E-state index in [2.05, 4.69) is 39.6 Å². The Morgan fingerprint density at radius 2 is 0.938 bits per heavy atom. The summed E-state index contributed by atoms with van der Waals surface area (Å²) in [5.41, 5.74) is -3.37. The average molecular weight is 967 g/mol. The van der Waals surface area contributed by atoms with E-state index in [1.807, 2.05) is 0 Å². The summed E-state index contributed by atoms with van der Waals surface area (Å²) in [7, 11) is -5.12. The van der Waals surface area contributed by atoms with E-state index in [-0.39, 0.29) is 34.8 Å². The highest BCUT2D eigenvalue weighted by atomic mass is 32.2. The van der Waals surface area contributed by atoms with Crippen molar-refractivity contribution in [2.75, 3.05) is 51.1 Å². The summed E-state index contributed by atoms with van der Waals surface area (Å²) in [6.45, 7) is -2.65. The Balaban J connectivity index is 0.000000241. The van der Waals surface area contributed by atoms with E-state index in [4.69, 9.17) is 18.9 Å². The molecule has 0 amide bonds. The van der Waals surface area contributed by atoms with Gasteiger partial charge in [0.1, 0.15) is 34.5 Å². The minimum Gasteiger partial charge on any atom is -0.491 e. The molecule has 4 heterocycles. The number of methoxy groups -OCH3 is 4. The van der Waals surface area contributed by atoms with Crippen LogP contribution in [0.5, 0.6) is 35.0 Å². The molecule has 0 aliphatic carbocycles. The van der Waals surface area contributed by atoms with Gasteiger partial charge >= 0.3 is 24.4 Å². The Labute approximate surface area is 352 Å². The third-order valence-electron chi connectivity index (χ3n) is 7.69. The van der Waals surface area contributed by atoms with Gasteiger partial charge in [0.2, 0.25) is 11.3 Å². The number of halogens is 10. The van der Waals surface area contributed by atoms with Gasteiger partial charge in [0.05, 0.1) is 52.0 Å². The summed E-state index contributed by atoms with van der Waals surface area (Å²) in [4.78, 5) is 12.7. The topological polar surface area (TPSA) is 234 Å². The summed E-state index contributed by atoms with van der Waals surface area (Å²) < 4.78 is 217.